The van der Waals surface area contributed by atoms with Gasteiger partial charge in [-0.1, -0.05) is 24.3 Å². The topological polar surface area (TPSA) is 130 Å². The van der Waals surface area contributed by atoms with Crippen molar-refractivity contribution in [3.63, 3.8) is 0 Å². The van der Waals surface area contributed by atoms with Crippen LogP contribution >= 0.6 is 0 Å². The van der Waals surface area contributed by atoms with E-state index in [1.54, 1.807) is 18.2 Å². The van der Waals surface area contributed by atoms with Crippen molar-refractivity contribution in [2.45, 2.75) is 6.42 Å². The van der Waals surface area contributed by atoms with E-state index in [0.29, 0.717) is 34.3 Å². The van der Waals surface area contributed by atoms with Crippen molar-refractivity contribution in [1.29, 1.82) is 0 Å². The number of fused-ring (bicyclic) bond motifs is 2. The van der Waals surface area contributed by atoms with Gasteiger partial charge in [-0.05, 0) is 35.4 Å². The van der Waals surface area contributed by atoms with Crippen LogP contribution in [0.25, 0.3) is 22.8 Å². The molecule has 4 aromatic rings. The number of carbonyl (C=O) groups excluding carboxylic acids is 2. The average Bonchev–Trinajstić information content (AvgIpc) is 3.42. The van der Waals surface area contributed by atoms with Crippen LogP contribution in [-0.4, -0.2) is 31.5 Å². The number of ketones is 1. The van der Waals surface area contributed by atoms with Crippen molar-refractivity contribution < 1.29 is 44.3 Å². The molecule has 0 spiro atoms. The standard InChI is InChI=1S/C21H15N5O3.Na/c22-19-15(18(27)13-7-11-3-1-2-4-12(11)8-13)10-23-26(19)14-5-6-16-17(9-14)25-20(24-16)21(28)29;/h1-7,9-10H,8,22H2,(H,24,25)(H,28,29);/q;+1/p-1. The number of carboxylic acids is 1. The quantitative estimate of drug-likeness (QED) is 0.314. The summed E-state index contributed by atoms with van der Waals surface area (Å²) in [6.07, 6.45) is 3.89. The molecule has 0 radical (unpaired) electrons. The number of hydrogen-bond acceptors (Lipinski definition) is 6. The molecule has 9 heteroatoms. The van der Waals surface area contributed by atoms with Crippen molar-refractivity contribution >= 4 is 34.7 Å². The van der Waals surface area contributed by atoms with Crippen molar-refractivity contribution in [1.82, 2.24) is 19.7 Å². The summed E-state index contributed by atoms with van der Waals surface area (Å²) in [5.74, 6) is -1.59. The monoisotopic (exact) mass is 407 g/mol. The van der Waals surface area contributed by atoms with Gasteiger partial charge in [-0.3, -0.25) is 4.79 Å². The molecular formula is C21H14N5NaO3. The normalized spacial score (nSPS) is 12.3. The minimum atomic E-state index is -1.39. The first-order valence-electron chi connectivity index (χ1n) is 8.89. The second-order valence-electron chi connectivity index (χ2n) is 6.80. The molecule has 0 amide bonds. The number of Topliss-reactive ketones (excluding diaryl/α,β-unsaturated/α-hetero) is 1. The summed E-state index contributed by atoms with van der Waals surface area (Å²) in [6.45, 7) is 0. The van der Waals surface area contributed by atoms with Gasteiger partial charge < -0.3 is 20.6 Å². The Labute approximate surface area is 192 Å². The van der Waals surface area contributed by atoms with Crippen LogP contribution in [0.2, 0.25) is 0 Å². The number of nitrogens with zero attached hydrogens (tertiary/aromatic N) is 3. The van der Waals surface area contributed by atoms with E-state index in [2.05, 4.69) is 15.1 Å². The zero-order valence-corrected chi connectivity index (χ0v) is 18.0. The molecule has 2 aromatic heterocycles. The number of hydrogen-bond donors (Lipinski definition) is 2. The number of rotatable bonds is 4. The van der Waals surface area contributed by atoms with Gasteiger partial charge in [-0.2, -0.15) is 5.10 Å². The van der Waals surface area contributed by atoms with E-state index in [9.17, 15) is 14.7 Å². The number of imidazole rings is 1. The summed E-state index contributed by atoms with van der Waals surface area (Å²) in [7, 11) is 0. The first kappa shape index (κ1) is 20.1. The average molecular weight is 407 g/mol. The molecular weight excluding hydrogens is 393 g/mol. The van der Waals surface area contributed by atoms with E-state index in [1.165, 1.54) is 10.9 Å². The van der Waals surface area contributed by atoms with Crippen LogP contribution in [0.5, 0.6) is 0 Å². The van der Waals surface area contributed by atoms with Gasteiger partial charge in [-0.25, -0.2) is 9.67 Å². The van der Waals surface area contributed by atoms with Gasteiger partial charge in [-0.15, -0.1) is 0 Å². The van der Waals surface area contributed by atoms with Gasteiger partial charge in [0, 0.05) is 12.0 Å². The third kappa shape index (κ3) is 3.24. The third-order valence-electron chi connectivity index (χ3n) is 5.01. The summed E-state index contributed by atoms with van der Waals surface area (Å²) in [6, 6.07) is 12.9. The SMILES string of the molecule is Nc1c(C(=O)C2=Cc3ccccc3C2)cnn1-c1ccc2nc(C(=O)[O-])[nH]c2c1.[Na+]. The predicted molar refractivity (Wildman–Crippen MR) is 104 cm³/mol. The molecule has 2 heterocycles. The Morgan fingerprint density at radius 3 is 2.73 bits per heavy atom. The van der Waals surface area contributed by atoms with Gasteiger partial charge >= 0.3 is 29.6 Å². The van der Waals surface area contributed by atoms with E-state index >= 15 is 0 Å². The Hall–Kier alpha value is -3.20. The number of aromatic amines is 1. The number of nitrogen functional groups attached to an aromatic ring is 1. The number of benzene rings is 2. The van der Waals surface area contributed by atoms with Crippen LogP contribution in [0.1, 0.15) is 32.1 Å². The molecule has 0 saturated carbocycles. The van der Waals surface area contributed by atoms with Crippen molar-refractivity contribution in [3.05, 3.63) is 76.7 Å². The fourth-order valence-electron chi connectivity index (χ4n) is 3.56. The minimum Gasteiger partial charge on any atom is -0.542 e. The number of carbonyl (C=O) groups is 2. The molecule has 3 N–H and O–H groups in total. The van der Waals surface area contributed by atoms with E-state index in [4.69, 9.17) is 5.73 Å². The maximum Gasteiger partial charge on any atom is 1.00 e. The zero-order chi connectivity index (χ0) is 20.1. The number of H-pyrrole nitrogens is 1. The molecule has 0 unspecified atom stereocenters. The number of aromatic nitrogens is 4. The van der Waals surface area contributed by atoms with E-state index < -0.39 is 5.97 Å². The van der Waals surface area contributed by atoms with Gasteiger partial charge in [0.2, 0.25) is 0 Å². The van der Waals surface area contributed by atoms with Crippen LogP contribution in [0.4, 0.5) is 5.82 Å². The van der Waals surface area contributed by atoms with E-state index in [0.717, 1.165) is 11.1 Å². The molecule has 0 atom stereocenters. The number of aromatic carboxylic acids is 1. The van der Waals surface area contributed by atoms with Gasteiger partial charge in [0.25, 0.3) is 0 Å². The molecule has 30 heavy (non-hydrogen) atoms. The Morgan fingerprint density at radius 2 is 1.97 bits per heavy atom. The van der Waals surface area contributed by atoms with Crippen LogP contribution in [0.3, 0.4) is 0 Å². The molecule has 0 aliphatic heterocycles. The van der Waals surface area contributed by atoms with Gasteiger partial charge in [0.05, 0.1) is 28.5 Å². The summed E-state index contributed by atoms with van der Waals surface area (Å²) >= 11 is 0. The molecule has 0 saturated heterocycles. The van der Waals surface area contributed by atoms with Crippen LogP contribution in [-0.2, 0) is 6.42 Å². The second-order valence-corrected chi connectivity index (χ2v) is 6.80. The predicted octanol–water partition coefficient (Wildman–Crippen LogP) is -1.48. The zero-order valence-electron chi connectivity index (χ0n) is 16.0. The Bertz CT molecular complexity index is 1350. The molecule has 1 aliphatic rings. The maximum absolute atomic E-state index is 13.0. The Morgan fingerprint density at radius 1 is 1.17 bits per heavy atom. The van der Waals surface area contributed by atoms with Crippen LogP contribution in [0.15, 0.2) is 54.2 Å². The Balaban J connectivity index is 0.00000218. The molecule has 1 aliphatic carbocycles. The number of nitrogens with one attached hydrogen (secondary N) is 1. The van der Waals surface area contributed by atoms with E-state index in [-0.39, 0.29) is 47.0 Å². The first-order chi connectivity index (χ1) is 14.0. The largest absolute Gasteiger partial charge is 1.00 e. The number of carboxylic acid groups (broad SMARTS) is 1. The number of nitrogens with two attached hydrogens (primary N) is 1. The maximum atomic E-state index is 13.0. The van der Waals surface area contributed by atoms with Gasteiger partial charge in [0.1, 0.15) is 11.8 Å². The fraction of sp³-hybridized carbons (Fsp3) is 0.0476. The Kier molecular flexibility index (Phi) is 5.07. The van der Waals surface area contributed by atoms with Crippen molar-refractivity contribution in [3.8, 4) is 5.69 Å². The molecule has 2 aromatic carbocycles. The molecule has 5 rings (SSSR count). The smallest absolute Gasteiger partial charge is 0.542 e. The second kappa shape index (κ2) is 7.56. The molecule has 0 bridgehead atoms. The third-order valence-corrected chi connectivity index (χ3v) is 5.01. The summed E-state index contributed by atoms with van der Waals surface area (Å²) in [5, 5.41) is 15.2. The first-order valence-corrected chi connectivity index (χ1v) is 8.89. The van der Waals surface area contributed by atoms with E-state index in [1.807, 2.05) is 30.3 Å². The van der Waals surface area contributed by atoms with Crippen molar-refractivity contribution in [2.75, 3.05) is 5.73 Å². The summed E-state index contributed by atoms with van der Waals surface area (Å²) < 4.78 is 1.44. The number of allylic oxidation sites excluding steroid dienone is 1. The number of anilines is 1. The fourth-order valence-corrected chi connectivity index (χ4v) is 3.56. The molecule has 0 fully saturated rings. The summed E-state index contributed by atoms with van der Waals surface area (Å²) in [5.41, 5.74) is 10.9. The van der Waals surface area contributed by atoms with Gasteiger partial charge in [0.15, 0.2) is 11.6 Å². The van der Waals surface area contributed by atoms with Crippen LogP contribution in [0, 0.1) is 0 Å². The molecule has 8 nitrogen and oxygen atoms in total. The summed E-state index contributed by atoms with van der Waals surface area (Å²) in [4.78, 5) is 30.6. The van der Waals surface area contributed by atoms with Crippen molar-refractivity contribution in [2.24, 2.45) is 0 Å². The van der Waals surface area contributed by atoms with Crippen LogP contribution < -0.4 is 40.4 Å². The minimum absolute atomic E-state index is 0. The molecule has 142 valence electrons.